The molecule has 6 rings (SSSR count). The predicted molar refractivity (Wildman–Crippen MR) is 180 cm³/mol. The van der Waals surface area contributed by atoms with Crippen molar-refractivity contribution in [2.45, 2.75) is 88.5 Å². The van der Waals surface area contributed by atoms with Gasteiger partial charge in [-0.2, -0.15) is 12.6 Å². The quantitative estimate of drug-likeness (QED) is 0.158. The molecule has 8 bridgehead atoms. The van der Waals surface area contributed by atoms with E-state index in [-0.39, 0.29) is 28.9 Å². The molecule has 1 unspecified atom stereocenters. The summed E-state index contributed by atoms with van der Waals surface area (Å²) in [6, 6.07) is 0.0450. The second kappa shape index (κ2) is 11.1. The number of thioether (sulfide) groups is 1. The van der Waals surface area contributed by atoms with E-state index in [0.29, 0.717) is 18.1 Å². The van der Waals surface area contributed by atoms with E-state index < -0.39 is 11.9 Å². The minimum Gasteiger partial charge on any atom is -0.481 e. The van der Waals surface area contributed by atoms with Crippen LogP contribution in [0.4, 0.5) is 0 Å². The maximum atomic E-state index is 11.6. The van der Waals surface area contributed by atoms with Crippen molar-refractivity contribution in [2.24, 2.45) is 0 Å². The molecule has 1 saturated heterocycles. The first kappa shape index (κ1) is 30.5. The number of hydrogen-bond donors (Lipinski definition) is 7. The van der Waals surface area contributed by atoms with Crippen molar-refractivity contribution in [1.82, 2.24) is 20.3 Å². The van der Waals surface area contributed by atoms with Gasteiger partial charge >= 0.3 is 11.9 Å². The molecule has 3 aromatic heterocycles. The molecule has 4 atom stereocenters. The maximum absolute atomic E-state index is 11.6. The van der Waals surface area contributed by atoms with E-state index in [9.17, 15) is 19.8 Å². The van der Waals surface area contributed by atoms with Gasteiger partial charge in [-0.15, -0.1) is 11.8 Å². The van der Waals surface area contributed by atoms with Gasteiger partial charge in [0, 0.05) is 61.8 Å². The first-order valence-electron chi connectivity index (χ1n) is 15.1. The van der Waals surface area contributed by atoms with Crippen LogP contribution in [-0.4, -0.2) is 53.1 Å². The first-order chi connectivity index (χ1) is 20.8. The summed E-state index contributed by atoms with van der Waals surface area (Å²) in [5.74, 6) is -1.69. The molecular weight excluding hydrogens is 593 g/mol. The third kappa shape index (κ3) is 5.05. The summed E-state index contributed by atoms with van der Waals surface area (Å²) < 4.78 is -0.0547. The zero-order valence-corrected chi connectivity index (χ0v) is 27.6. The standard InChI is InChI=1S/C34H40N4O4S2/c1-15-21(7-9-31(39)40)27-13-28-22(8-10-32(41)42)16(2)25(36-28)14-30-34(20(6)44-34)18(4)26(38-30)12-29-33(19(5)43)17(3)24(37-29)11-23(15)35-27/h11-14,19-20,30,35-38,43H,7-10H2,1-6H3,(H,39,40)(H,41,42)/b24-11-,25-14-,28-13-,29-12-/t19-,20-,30?,34-/m1/s1. The largest absolute Gasteiger partial charge is 0.481 e. The average molecular weight is 633 g/mol. The van der Waals surface area contributed by atoms with Crippen LogP contribution in [-0.2, 0) is 22.4 Å². The van der Waals surface area contributed by atoms with E-state index in [2.05, 4.69) is 73.1 Å². The lowest BCUT2D eigenvalue weighted by atomic mass is 9.92. The second-order valence-corrected chi connectivity index (χ2v) is 14.8. The maximum Gasteiger partial charge on any atom is 0.303 e. The fraction of sp³-hybridized carbons (Fsp3) is 0.412. The summed E-state index contributed by atoms with van der Waals surface area (Å²) >= 11 is 6.83. The highest BCUT2D eigenvalue weighted by atomic mass is 32.2. The molecule has 8 nitrogen and oxygen atoms in total. The molecule has 0 radical (unpaired) electrons. The Morgan fingerprint density at radius 2 is 1.48 bits per heavy atom. The number of aromatic nitrogens is 3. The number of hydrogen-bond acceptors (Lipinski definition) is 5. The van der Waals surface area contributed by atoms with Crippen LogP contribution < -0.4 is 26.7 Å². The number of H-pyrrole nitrogens is 3. The lowest BCUT2D eigenvalue weighted by Crippen LogP contribution is -2.36. The highest BCUT2D eigenvalue weighted by Crippen LogP contribution is 2.63. The van der Waals surface area contributed by atoms with Crippen LogP contribution >= 0.6 is 24.4 Å². The summed E-state index contributed by atoms with van der Waals surface area (Å²) in [6.45, 7) is 12.8. The van der Waals surface area contributed by atoms with Crippen molar-refractivity contribution in [1.29, 1.82) is 0 Å². The molecule has 3 aliphatic heterocycles. The Bertz CT molecular complexity index is 1990. The van der Waals surface area contributed by atoms with Gasteiger partial charge in [0.1, 0.15) is 0 Å². The predicted octanol–water partition coefficient (Wildman–Crippen LogP) is 2.97. The SMILES string of the molecule is CC1=C2/C=c3\[nH]/c(c(C)c3[C@@H](C)S)=C\c3[nH]c(c(CCC(=O)O)c3C)/C=c3\[nH]/c(c(C)c3CCC(=O)O)=C\C(N2)[C@@]12S[C@@H]2C. The van der Waals surface area contributed by atoms with Crippen LogP contribution in [0.25, 0.3) is 24.3 Å². The first-order valence-corrected chi connectivity index (χ1v) is 16.5. The van der Waals surface area contributed by atoms with Crippen LogP contribution in [0.5, 0.6) is 0 Å². The van der Waals surface area contributed by atoms with Crippen LogP contribution in [0.1, 0.15) is 83.6 Å². The Kier molecular flexibility index (Phi) is 7.73. The third-order valence-electron chi connectivity index (χ3n) is 9.75. The van der Waals surface area contributed by atoms with Crippen molar-refractivity contribution in [2.75, 3.05) is 0 Å². The Balaban J connectivity index is 1.69. The number of fused-ring (bicyclic) bond motifs is 9. The number of allylic oxidation sites excluding steroid dienone is 1. The highest BCUT2D eigenvalue weighted by Gasteiger charge is 2.62. The van der Waals surface area contributed by atoms with Crippen LogP contribution in [0.3, 0.4) is 0 Å². The van der Waals surface area contributed by atoms with Gasteiger partial charge in [0.05, 0.1) is 10.8 Å². The van der Waals surface area contributed by atoms with Crippen molar-refractivity contribution >= 4 is 60.6 Å². The molecule has 44 heavy (non-hydrogen) atoms. The number of aliphatic carboxylic acids is 2. The number of carboxylic acid groups (broad SMARTS) is 2. The molecule has 1 spiro atoms. The van der Waals surface area contributed by atoms with E-state index in [1.165, 1.54) is 5.57 Å². The zero-order valence-electron chi connectivity index (χ0n) is 25.9. The Hall–Kier alpha value is -3.50. The minimum absolute atomic E-state index is 0.00925. The third-order valence-corrected chi connectivity index (χ3v) is 11.8. The van der Waals surface area contributed by atoms with Crippen LogP contribution in [0, 0.1) is 20.8 Å². The van der Waals surface area contributed by atoms with Crippen LogP contribution in [0.15, 0.2) is 11.3 Å². The van der Waals surface area contributed by atoms with Gasteiger partial charge in [-0.05, 0) is 111 Å². The number of rotatable bonds is 7. The van der Waals surface area contributed by atoms with Gasteiger partial charge in [0.25, 0.3) is 0 Å². The summed E-state index contributed by atoms with van der Waals surface area (Å²) in [6.07, 6.45) is 9.41. The number of aromatic amines is 3. The van der Waals surface area contributed by atoms with Crippen molar-refractivity contribution in [3.05, 3.63) is 77.4 Å². The van der Waals surface area contributed by atoms with E-state index in [4.69, 9.17) is 12.6 Å². The molecule has 0 saturated carbocycles. The molecule has 1 fully saturated rings. The smallest absolute Gasteiger partial charge is 0.303 e. The number of thiol groups is 1. The topological polar surface area (TPSA) is 134 Å². The fourth-order valence-corrected chi connectivity index (χ4v) is 8.93. The number of nitrogens with one attached hydrogen (secondary N) is 4. The molecule has 3 aromatic rings. The average Bonchev–Trinajstić information content (AvgIpc) is 3.08. The molecule has 232 valence electrons. The van der Waals surface area contributed by atoms with Gasteiger partial charge < -0.3 is 30.5 Å². The molecule has 10 heteroatoms. The van der Waals surface area contributed by atoms with Gasteiger partial charge in [0.15, 0.2) is 0 Å². The lowest BCUT2D eigenvalue weighted by Gasteiger charge is -2.16. The summed E-state index contributed by atoms with van der Waals surface area (Å²) in [5.41, 5.74) is 10.4. The summed E-state index contributed by atoms with van der Waals surface area (Å²) in [5, 5.41) is 27.2. The monoisotopic (exact) mass is 632 g/mol. The molecule has 6 N–H and O–H groups in total. The van der Waals surface area contributed by atoms with Crippen molar-refractivity contribution < 1.29 is 19.8 Å². The number of carboxylic acids is 2. The molecule has 0 aliphatic carbocycles. The Morgan fingerprint density at radius 3 is 2.09 bits per heavy atom. The molecule has 6 heterocycles. The van der Waals surface area contributed by atoms with E-state index in [1.807, 2.05) is 24.8 Å². The summed E-state index contributed by atoms with van der Waals surface area (Å²) in [7, 11) is 0. The zero-order chi connectivity index (χ0) is 31.7. The molecule has 3 aliphatic rings. The molecular formula is C34H40N4O4S2. The van der Waals surface area contributed by atoms with Gasteiger partial charge in [0.2, 0.25) is 0 Å². The van der Waals surface area contributed by atoms with E-state index in [0.717, 1.165) is 71.9 Å². The van der Waals surface area contributed by atoms with Gasteiger partial charge in [-0.25, -0.2) is 0 Å². The Morgan fingerprint density at radius 1 is 0.864 bits per heavy atom. The van der Waals surface area contributed by atoms with Crippen molar-refractivity contribution in [3.8, 4) is 0 Å². The fourth-order valence-electron chi connectivity index (χ4n) is 7.19. The minimum atomic E-state index is -0.851. The molecule has 0 aromatic carbocycles. The summed E-state index contributed by atoms with van der Waals surface area (Å²) in [4.78, 5) is 34.1. The highest BCUT2D eigenvalue weighted by molar-refractivity contribution is 8.09. The Labute approximate surface area is 265 Å². The normalized spacial score (nSPS) is 25.6. The van der Waals surface area contributed by atoms with Gasteiger partial charge in [-0.3, -0.25) is 9.59 Å². The van der Waals surface area contributed by atoms with Gasteiger partial charge in [-0.1, -0.05) is 6.92 Å². The lowest BCUT2D eigenvalue weighted by molar-refractivity contribution is -0.138. The van der Waals surface area contributed by atoms with E-state index >= 15 is 0 Å². The number of carbonyl (C=O) groups is 2. The van der Waals surface area contributed by atoms with Crippen LogP contribution in [0.2, 0.25) is 0 Å². The molecule has 0 amide bonds. The second-order valence-electron chi connectivity index (χ2n) is 12.4. The van der Waals surface area contributed by atoms with Crippen molar-refractivity contribution in [3.63, 3.8) is 0 Å². The van der Waals surface area contributed by atoms with E-state index in [1.54, 1.807) is 0 Å².